The largest absolute Gasteiger partial charge is 0.497 e. The van der Waals surface area contributed by atoms with Gasteiger partial charge in [0.15, 0.2) is 0 Å². The van der Waals surface area contributed by atoms with Crippen LogP contribution < -0.4 is 14.8 Å². The number of rotatable bonds is 4. The lowest BCUT2D eigenvalue weighted by molar-refractivity contribution is 0.102. The minimum atomic E-state index is -0.279. The second-order valence-corrected chi connectivity index (χ2v) is 3.91. The molecule has 0 aliphatic carbocycles. The molecular weight excluding hydrogens is 246 g/mol. The van der Waals surface area contributed by atoms with Crippen LogP contribution in [0.5, 0.6) is 11.6 Å². The third kappa shape index (κ3) is 2.85. The Hall–Kier alpha value is -2.50. The molecule has 0 fully saturated rings. The lowest BCUT2D eigenvalue weighted by Gasteiger charge is -2.06. The number of methoxy groups -OCH3 is 2. The Balaban J connectivity index is 2.20. The van der Waals surface area contributed by atoms with Gasteiger partial charge in [0.05, 0.1) is 14.2 Å². The topological polar surface area (TPSA) is 65.4 Å². The summed E-state index contributed by atoms with van der Waals surface area (Å²) < 4.78 is 11.7. The average molecular weight is 261 g/mol. The minimum Gasteiger partial charge on any atom is -0.497 e. The van der Waals surface area contributed by atoms with E-state index in [4.69, 9.17) is 9.47 Å². The van der Waals surface area contributed by atoms with Gasteiger partial charge in [-0.25, -0.2) is 0 Å². The van der Waals surface area contributed by atoms with Crippen molar-refractivity contribution in [2.45, 2.75) is 0 Å². The highest BCUT2D eigenvalue weighted by molar-refractivity contribution is 6.05. The van der Waals surface area contributed by atoms with Crippen LogP contribution in [0.2, 0.25) is 0 Å². The number of hydrogen-bond acceptors (Lipinski definition) is 4. The third-order valence-electron chi connectivity index (χ3n) is 2.56. The van der Waals surface area contributed by atoms with E-state index in [9.17, 15) is 4.79 Å². The second kappa shape index (κ2) is 5.43. The van der Waals surface area contributed by atoms with E-state index in [1.165, 1.54) is 11.8 Å². The number of carbonyl (C=O) groups excluding carboxylic acids is 1. The van der Waals surface area contributed by atoms with Gasteiger partial charge < -0.3 is 14.8 Å². The maximum absolute atomic E-state index is 12.1. The molecule has 6 heteroatoms. The molecule has 1 heterocycles. The summed E-state index contributed by atoms with van der Waals surface area (Å²) in [6, 6.07) is 7.12. The van der Waals surface area contributed by atoms with E-state index in [1.807, 2.05) is 0 Å². The van der Waals surface area contributed by atoms with Crippen LogP contribution in [0.25, 0.3) is 0 Å². The molecule has 0 saturated carbocycles. The quantitative estimate of drug-likeness (QED) is 0.909. The first-order chi connectivity index (χ1) is 9.13. The van der Waals surface area contributed by atoms with Gasteiger partial charge in [-0.15, -0.1) is 5.10 Å². The molecule has 1 amide bonds. The molecule has 1 aromatic heterocycles. The Kier molecular flexibility index (Phi) is 3.70. The van der Waals surface area contributed by atoms with Crippen LogP contribution in [0.1, 0.15) is 10.4 Å². The number of ether oxygens (including phenoxy) is 2. The Morgan fingerprint density at radius 2 is 2.11 bits per heavy atom. The van der Waals surface area contributed by atoms with Gasteiger partial charge in [-0.3, -0.25) is 9.48 Å². The number of aryl methyl sites for hydroxylation is 1. The zero-order valence-corrected chi connectivity index (χ0v) is 11.0. The van der Waals surface area contributed by atoms with Crippen molar-refractivity contribution < 1.29 is 14.3 Å². The normalized spacial score (nSPS) is 10.1. The monoisotopic (exact) mass is 261 g/mol. The van der Waals surface area contributed by atoms with Gasteiger partial charge in [0.2, 0.25) is 5.88 Å². The molecular formula is C13H15N3O3. The zero-order chi connectivity index (χ0) is 13.8. The van der Waals surface area contributed by atoms with Gasteiger partial charge in [0, 0.05) is 25.0 Å². The third-order valence-corrected chi connectivity index (χ3v) is 2.56. The molecule has 1 aromatic carbocycles. The predicted molar refractivity (Wildman–Crippen MR) is 70.7 cm³/mol. The molecule has 0 saturated heterocycles. The Morgan fingerprint density at radius 3 is 2.79 bits per heavy atom. The lowest BCUT2D eigenvalue weighted by Crippen LogP contribution is -2.12. The Bertz CT molecular complexity index is 593. The minimum absolute atomic E-state index is 0.279. The van der Waals surface area contributed by atoms with Gasteiger partial charge in [-0.2, -0.15) is 0 Å². The van der Waals surface area contributed by atoms with Crippen molar-refractivity contribution in [2.24, 2.45) is 7.05 Å². The highest BCUT2D eigenvalue weighted by atomic mass is 16.5. The summed E-state index contributed by atoms with van der Waals surface area (Å²) >= 11 is 0. The summed E-state index contributed by atoms with van der Waals surface area (Å²) in [6.45, 7) is 0. The zero-order valence-electron chi connectivity index (χ0n) is 11.0. The van der Waals surface area contributed by atoms with E-state index >= 15 is 0 Å². The Morgan fingerprint density at radius 1 is 1.32 bits per heavy atom. The van der Waals surface area contributed by atoms with Gasteiger partial charge >= 0.3 is 0 Å². The Labute approximate surface area is 110 Å². The van der Waals surface area contributed by atoms with Crippen molar-refractivity contribution in [1.82, 2.24) is 9.78 Å². The fraction of sp³-hybridized carbons (Fsp3) is 0.231. The van der Waals surface area contributed by atoms with Crippen LogP contribution >= 0.6 is 0 Å². The predicted octanol–water partition coefficient (Wildman–Crippen LogP) is 1.69. The van der Waals surface area contributed by atoms with Crippen molar-refractivity contribution in [2.75, 3.05) is 19.5 Å². The highest BCUT2D eigenvalue weighted by Crippen LogP contribution is 2.20. The number of aromatic nitrogens is 2. The van der Waals surface area contributed by atoms with Crippen molar-refractivity contribution in [3.63, 3.8) is 0 Å². The SMILES string of the molecule is COc1cccc(NC(=O)c2cn(C)nc2OC)c1. The number of carbonyl (C=O) groups is 1. The second-order valence-electron chi connectivity index (χ2n) is 3.91. The highest BCUT2D eigenvalue weighted by Gasteiger charge is 2.16. The summed E-state index contributed by atoms with van der Waals surface area (Å²) in [6.07, 6.45) is 1.61. The molecule has 1 N–H and O–H groups in total. The molecule has 2 aromatic rings. The van der Waals surface area contributed by atoms with E-state index < -0.39 is 0 Å². The summed E-state index contributed by atoms with van der Waals surface area (Å²) in [5, 5.41) is 6.80. The molecule has 0 atom stereocenters. The van der Waals surface area contributed by atoms with Crippen LogP contribution in [0, 0.1) is 0 Å². The maximum Gasteiger partial charge on any atom is 0.262 e. The molecule has 0 bridgehead atoms. The number of hydrogen-bond donors (Lipinski definition) is 1. The lowest BCUT2D eigenvalue weighted by atomic mass is 10.2. The van der Waals surface area contributed by atoms with Crippen molar-refractivity contribution in [3.05, 3.63) is 36.0 Å². The molecule has 19 heavy (non-hydrogen) atoms. The standard InChI is InChI=1S/C13H15N3O3/c1-16-8-11(13(15-16)19-3)12(17)14-9-5-4-6-10(7-9)18-2/h4-8H,1-3H3,(H,14,17). The number of amides is 1. The fourth-order valence-corrected chi connectivity index (χ4v) is 1.67. The first-order valence-electron chi connectivity index (χ1n) is 5.67. The first kappa shape index (κ1) is 12.9. The van der Waals surface area contributed by atoms with Crippen LogP contribution in [0.4, 0.5) is 5.69 Å². The summed E-state index contributed by atoms with van der Waals surface area (Å²) in [5.74, 6) is 0.692. The van der Waals surface area contributed by atoms with Crippen LogP contribution in [-0.4, -0.2) is 29.9 Å². The molecule has 2 rings (SSSR count). The molecule has 0 aliphatic heterocycles. The molecule has 0 spiro atoms. The molecule has 6 nitrogen and oxygen atoms in total. The first-order valence-corrected chi connectivity index (χ1v) is 5.67. The number of benzene rings is 1. The molecule has 100 valence electrons. The summed E-state index contributed by atoms with van der Waals surface area (Å²) in [7, 11) is 4.78. The van der Waals surface area contributed by atoms with E-state index in [0.717, 1.165) is 0 Å². The smallest absolute Gasteiger partial charge is 0.262 e. The molecule has 0 aliphatic rings. The van der Waals surface area contributed by atoms with Crippen LogP contribution in [-0.2, 0) is 7.05 Å². The maximum atomic E-state index is 12.1. The van der Waals surface area contributed by atoms with Crippen molar-refractivity contribution in [1.29, 1.82) is 0 Å². The van der Waals surface area contributed by atoms with Gasteiger partial charge in [-0.05, 0) is 12.1 Å². The molecule has 0 radical (unpaired) electrons. The average Bonchev–Trinajstić information content (AvgIpc) is 2.80. The number of nitrogens with zero attached hydrogens (tertiary/aromatic N) is 2. The number of nitrogens with one attached hydrogen (secondary N) is 1. The van der Waals surface area contributed by atoms with Crippen molar-refractivity contribution >= 4 is 11.6 Å². The fourth-order valence-electron chi connectivity index (χ4n) is 1.67. The van der Waals surface area contributed by atoms with Gasteiger partial charge in [-0.1, -0.05) is 6.07 Å². The van der Waals surface area contributed by atoms with Crippen molar-refractivity contribution in [3.8, 4) is 11.6 Å². The van der Waals surface area contributed by atoms with Crippen LogP contribution in [0.3, 0.4) is 0 Å². The van der Waals surface area contributed by atoms with E-state index in [-0.39, 0.29) is 5.91 Å². The van der Waals surface area contributed by atoms with E-state index in [0.29, 0.717) is 22.9 Å². The number of anilines is 1. The van der Waals surface area contributed by atoms with E-state index in [2.05, 4.69) is 10.4 Å². The summed E-state index contributed by atoms with van der Waals surface area (Å²) in [5.41, 5.74) is 1.03. The van der Waals surface area contributed by atoms with Gasteiger partial charge in [0.1, 0.15) is 11.3 Å². The molecule has 0 unspecified atom stereocenters. The summed E-state index contributed by atoms with van der Waals surface area (Å²) in [4.78, 5) is 12.1. The van der Waals surface area contributed by atoms with Gasteiger partial charge in [0.25, 0.3) is 5.91 Å². The van der Waals surface area contributed by atoms with Crippen LogP contribution in [0.15, 0.2) is 30.5 Å². The van der Waals surface area contributed by atoms with E-state index in [1.54, 1.807) is 44.6 Å².